The Morgan fingerprint density at radius 3 is 2.50 bits per heavy atom. The van der Waals surface area contributed by atoms with Crippen LogP contribution in [0.3, 0.4) is 0 Å². The highest BCUT2D eigenvalue weighted by Gasteiger charge is 2.14. The van der Waals surface area contributed by atoms with Crippen LogP contribution in [0.15, 0.2) is 18.2 Å². The molecule has 98 valence electrons. The van der Waals surface area contributed by atoms with Crippen LogP contribution in [0.5, 0.6) is 5.75 Å². The summed E-state index contributed by atoms with van der Waals surface area (Å²) in [4.78, 5) is 10.9. The van der Waals surface area contributed by atoms with E-state index in [0.29, 0.717) is 10.8 Å². The normalized spacial score (nSPS) is 11.8. The fourth-order valence-electron chi connectivity index (χ4n) is 1.81. The van der Waals surface area contributed by atoms with Crippen molar-refractivity contribution in [3.8, 4) is 5.75 Å². The zero-order valence-electron chi connectivity index (χ0n) is 11.0. The zero-order chi connectivity index (χ0) is 13.9. The number of aryl methyl sites for hydroxylation is 1. The molecule has 0 aliphatic carbocycles. The summed E-state index contributed by atoms with van der Waals surface area (Å²) in [6.07, 6.45) is 1.23. The second kappa shape index (κ2) is 5.91. The Labute approximate surface area is 112 Å². The third-order valence-corrected chi connectivity index (χ3v) is 3.01. The smallest absolute Gasteiger partial charge is 0.328 e. The van der Waals surface area contributed by atoms with Crippen molar-refractivity contribution in [2.75, 3.05) is 7.11 Å². The van der Waals surface area contributed by atoms with Crippen molar-refractivity contribution in [2.45, 2.75) is 20.8 Å². The Balaban J connectivity index is 3.39. The van der Waals surface area contributed by atoms with E-state index in [0.717, 1.165) is 16.7 Å². The summed E-state index contributed by atoms with van der Waals surface area (Å²) in [6.45, 7) is 5.81. The molecule has 0 heterocycles. The fourth-order valence-corrected chi connectivity index (χ4v) is 2.05. The Hall–Kier alpha value is -1.48. The second-order valence-electron chi connectivity index (χ2n) is 4.39. The average Bonchev–Trinajstić information content (AvgIpc) is 2.28. The molecule has 1 rings (SSSR count). The molecule has 0 bridgehead atoms. The summed E-state index contributed by atoms with van der Waals surface area (Å²) in [5.41, 5.74) is 2.54. The highest BCUT2D eigenvalue weighted by Crippen LogP contribution is 2.33. The molecule has 0 aromatic heterocycles. The Morgan fingerprint density at radius 1 is 1.44 bits per heavy atom. The van der Waals surface area contributed by atoms with Gasteiger partial charge < -0.3 is 9.84 Å². The molecule has 0 aliphatic heterocycles. The molecule has 0 amide bonds. The summed E-state index contributed by atoms with van der Waals surface area (Å²) in [5, 5.41) is 9.40. The lowest BCUT2D eigenvalue weighted by atomic mass is 9.91. The van der Waals surface area contributed by atoms with E-state index in [1.807, 2.05) is 26.8 Å². The highest BCUT2D eigenvalue weighted by atomic mass is 35.5. The molecule has 18 heavy (non-hydrogen) atoms. The molecule has 4 heteroatoms. The molecule has 0 saturated heterocycles. The predicted molar refractivity (Wildman–Crippen MR) is 73.2 cm³/mol. The topological polar surface area (TPSA) is 46.5 Å². The predicted octanol–water partition coefficient (Wildman–Crippen LogP) is 3.78. The number of benzene rings is 1. The first-order valence-electron chi connectivity index (χ1n) is 5.65. The van der Waals surface area contributed by atoms with Gasteiger partial charge in [-0.1, -0.05) is 25.4 Å². The number of aliphatic carboxylic acids is 1. The van der Waals surface area contributed by atoms with E-state index in [1.54, 1.807) is 13.2 Å². The quantitative estimate of drug-likeness (QED) is 0.846. The third kappa shape index (κ3) is 3.26. The summed E-state index contributed by atoms with van der Waals surface area (Å²) in [5.74, 6) is -0.259. The molecular formula is C14H17ClO3. The maximum atomic E-state index is 10.9. The van der Waals surface area contributed by atoms with Crippen molar-refractivity contribution in [3.63, 3.8) is 0 Å². The van der Waals surface area contributed by atoms with Crippen molar-refractivity contribution in [1.82, 2.24) is 0 Å². The van der Waals surface area contributed by atoms with Gasteiger partial charge in [-0.3, -0.25) is 0 Å². The molecule has 0 unspecified atom stereocenters. The molecule has 0 spiro atoms. The number of hydrogen-bond acceptors (Lipinski definition) is 2. The molecule has 1 aromatic rings. The van der Waals surface area contributed by atoms with E-state index in [4.69, 9.17) is 21.4 Å². The van der Waals surface area contributed by atoms with E-state index in [9.17, 15) is 4.79 Å². The van der Waals surface area contributed by atoms with Gasteiger partial charge in [-0.25, -0.2) is 4.79 Å². The standard InChI is InChI=1S/C14H17ClO3/c1-8(2)10(7-14(16)17)11-6-12(15)13(18-4)5-9(11)3/h5-8H,1-4H3,(H,16,17)/b10-7+. The van der Waals surface area contributed by atoms with Gasteiger partial charge in [0.2, 0.25) is 0 Å². The fraction of sp³-hybridized carbons (Fsp3) is 0.357. The number of rotatable bonds is 4. The molecule has 0 atom stereocenters. The van der Waals surface area contributed by atoms with Gasteiger partial charge >= 0.3 is 5.97 Å². The van der Waals surface area contributed by atoms with Crippen molar-refractivity contribution in [1.29, 1.82) is 0 Å². The zero-order valence-corrected chi connectivity index (χ0v) is 11.7. The first-order chi connectivity index (χ1) is 8.36. The van der Waals surface area contributed by atoms with Crippen LogP contribution in [-0.4, -0.2) is 18.2 Å². The largest absolute Gasteiger partial charge is 0.495 e. The van der Waals surface area contributed by atoms with Gasteiger partial charge in [-0.2, -0.15) is 0 Å². The lowest BCUT2D eigenvalue weighted by Crippen LogP contribution is -2.01. The van der Waals surface area contributed by atoms with Crippen LogP contribution in [-0.2, 0) is 4.79 Å². The van der Waals surface area contributed by atoms with E-state index in [2.05, 4.69) is 0 Å². The number of carboxylic acid groups (broad SMARTS) is 1. The number of allylic oxidation sites excluding steroid dienone is 1. The van der Waals surface area contributed by atoms with Gasteiger partial charge in [0, 0.05) is 6.08 Å². The van der Waals surface area contributed by atoms with E-state index in [-0.39, 0.29) is 5.92 Å². The molecule has 0 fully saturated rings. The average molecular weight is 269 g/mol. The molecule has 0 saturated carbocycles. The van der Waals surface area contributed by atoms with Gasteiger partial charge in [-0.05, 0) is 41.7 Å². The first kappa shape index (κ1) is 14.6. The number of carbonyl (C=O) groups is 1. The summed E-state index contributed by atoms with van der Waals surface area (Å²) < 4.78 is 5.13. The Bertz CT molecular complexity index is 490. The lowest BCUT2D eigenvalue weighted by Gasteiger charge is -2.16. The Kier molecular flexibility index (Phi) is 4.79. The first-order valence-corrected chi connectivity index (χ1v) is 6.03. The van der Waals surface area contributed by atoms with Crippen molar-refractivity contribution in [2.24, 2.45) is 5.92 Å². The molecule has 3 nitrogen and oxygen atoms in total. The van der Waals surface area contributed by atoms with Crippen molar-refractivity contribution >= 4 is 23.1 Å². The van der Waals surface area contributed by atoms with Gasteiger partial charge in [-0.15, -0.1) is 0 Å². The van der Waals surface area contributed by atoms with E-state index >= 15 is 0 Å². The number of ether oxygens (including phenoxy) is 1. The monoisotopic (exact) mass is 268 g/mol. The minimum atomic E-state index is -0.954. The highest BCUT2D eigenvalue weighted by molar-refractivity contribution is 6.32. The van der Waals surface area contributed by atoms with E-state index in [1.165, 1.54) is 6.08 Å². The molecule has 0 aliphatic rings. The number of methoxy groups -OCH3 is 1. The lowest BCUT2D eigenvalue weighted by molar-refractivity contribution is -0.131. The van der Waals surface area contributed by atoms with Gasteiger partial charge in [0.15, 0.2) is 0 Å². The van der Waals surface area contributed by atoms with Crippen molar-refractivity contribution in [3.05, 3.63) is 34.4 Å². The van der Waals surface area contributed by atoms with Crippen molar-refractivity contribution < 1.29 is 14.6 Å². The van der Waals surface area contributed by atoms with Crippen LogP contribution in [0.25, 0.3) is 5.57 Å². The number of hydrogen-bond donors (Lipinski definition) is 1. The van der Waals surface area contributed by atoms with Crippen LogP contribution >= 0.6 is 11.6 Å². The van der Waals surface area contributed by atoms with Crippen LogP contribution in [0, 0.1) is 12.8 Å². The number of carboxylic acids is 1. The second-order valence-corrected chi connectivity index (χ2v) is 4.80. The van der Waals surface area contributed by atoms with Gasteiger partial charge in [0.25, 0.3) is 0 Å². The Morgan fingerprint density at radius 2 is 2.06 bits per heavy atom. The molecule has 0 radical (unpaired) electrons. The SMILES string of the molecule is COc1cc(C)c(/C(=C/C(=O)O)C(C)C)cc1Cl. The summed E-state index contributed by atoms with van der Waals surface area (Å²) in [6, 6.07) is 3.57. The van der Waals surface area contributed by atoms with Crippen LogP contribution in [0.1, 0.15) is 25.0 Å². The molecule has 1 N–H and O–H groups in total. The molecular weight excluding hydrogens is 252 g/mol. The number of halogens is 1. The minimum absolute atomic E-state index is 0.101. The van der Waals surface area contributed by atoms with Gasteiger partial charge in [0.1, 0.15) is 5.75 Å². The summed E-state index contributed by atoms with van der Waals surface area (Å²) in [7, 11) is 1.55. The summed E-state index contributed by atoms with van der Waals surface area (Å²) >= 11 is 6.09. The maximum absolute atomic E-state index is 10.9. The van der Waals surface area contributed by atoms with Gasteiger partial charge in [0.05, 0.1) is 12.1 Å². The van der Waals surface area contributed by atoms with Crippen LogP contribution in [0.2, 0.25) is 5.02 Å². The maximum Gasteiger partial charge on any atom is 0.328 e. The van der Waals surface area contributed by atoms with Crippen LogP contribution in [0.4, 0.5) is 0 Å². The van der Waals surface area contributed by atoms with Crippen LogP contribution < -0.4 is 4.74 Å². The minimum Gasteiger partial charge on any atom is -0.495 e. The van der Waals surface area contributed by atoms with E-state index < -0.39 is 5.97 Å². The third-order valence-electron chi connectivity index (χ3n) is 2.71. The molecule has 1 aromatic carbocycles.